The summed E-state index contributed by atoms with van der Waals surface area (Å²) in [4.78, 5) is 4.16. The van der Waals surface area contributed by atoms with Crippen molar-refractivity contribution in [2.75, 3.05) is 6.61 Å². The van der Waals surface area contributed by atoms with Gasteiger partial charge in [0.2, 0.25) is 0 Å². The predicted molar refractivity (Wildman–Crippen MR) is 92.9 cm³/mol. The zero-order valence-corrected chi connectivity index (χ0v) is 14.2. The lowest BCUT2D eigenvalue weighted by molar-refractivity contribution is 0.293. The number of hydrogen-bond donors (Lipinski definition) is 0. The fourth-order valence-electron chi connectivity index (χ4n) is 2.65. The summed E-state index contributed by atoms with van der Waals surface area (Å²) in [6.45, 7) is 9.94. The van der Waals surface area contributed by atoms with Crippen LogP contribution >= 0.6 is 0 Å². The topological polar surface area (TPSA) is 39.9 Å². The first-order valence-electron chi connectivity index (χ1n) is 7.95. The van der Waals surface area contributed by atoms with Gasteiger partial charge in [-0.25, -0.2) is 0 Å². The number of ether oxygens (including phenoxy) is 1. The zero-order valence-electron chi connectivity index (χ0n) is 14.2. The molecule has 0 N–H and O–H groups in total. The Morgan fingerprint density at radius 3 is 2.78 bits per heavy atom. The molecule has 4 heteroatoms. The van der Waals surface area contributed by atoms with Gasteiger partial charge >= 0.3 is 0 Å². The van der Waals surface area contributed by atoms with Gasteiger partial charge in [-0.15, -0.1) is 0 Å². The number of hydrogen-bond acceptors (Lipinski definition) is 3. The molecule has 3 aromatic rings. The minimum atomic E-state index is 0.127. The second kappa shape index (κ2) is 6.03. The molecule has 0 fully saturated rings. The van der Waals surface area contributed by atoms with Crippen LogP contribution in [0.2, 0.25) is 0 Å². The molecule has 23 heavy (non-hydrogen) atoms. The molecule has 2 aromatic heterocycles. The molecule has 0 aliphatic heterocycles. The summed E-state index contributed by atoms with van der Waals surface area (Å²) >= 11 is 0. The molecule has 0 atom stereocenters. The van der Waals surface area contributed by atoms with Crippen LogP contribution in [0.1, 0.15) is 32.0 Å². The van der Waals surface area contributed by atoms with Crippen molar-refractivity contribution in [2.24, 2.45) is 0 Å². The van der Waals surface area contributed by atoms with Crippen molar-refractivity contribution in [3.63, 3.8) is 0 Å². The lowest BCUT2D eigenvalue weighted by Gasteiger charge is -2.19. The van der Waals surface area contributed by atoms with E-state index in [1.807, 2.05) is 29.9 Å². The van der Waals surface area contributed by atoms with E-state index in [2.05, 4.69) is 49.1 Å². The smallest absolute Gasteiger partial charge is 0.119 e. The highest BCUT2D eigenvalue weighted by Crippen LogP contribution is 2.25. The van der Waals surface area contributed by atoms with Crippen molar-refractivity contribution in [1.29, 1.82) is 0 Å². The highest BCUT2D eigenvalue weighted by atomic mass is 16.5. The number of rotatable bonds is 4. The summed E-state index contributed by atoms with van der Waals surface area (Å²) in [5, 5.41) is 5.67. The van der Waals surface area contributed by atoms with Gasteiger partial charge in [-0.05, 0) is 36.1 Å². The van der Waals surface area contributed by atoms with Gasteiger partial charge in [0, 0.05) is 17.8 Å². The Hall–Kier alpha value is -2.36. The largest absolute Gasteiger partial charge is 0.492 e. The van der Waals surface area contributed by atoms with Crippen molar-refractivity contribution >= 4 is 10.9 Å². The third-order valence-corrected chi connectivity index (χ3v) is 4.01. The monoisotopic (exact) mass is 309 g/mol. The molecular formula is C19H23N3O. The van der Waals surface area contributed by atoms with Gasteiger partial charge in [-0.2, -0.15) is 5.10 Å². The van der Waals surface area contributed by atoms with Crippen LogP contribution in [-0.2, 0) is 12.0 Å². The van der Waals surface area contributed by atoms with Crippen molar-refractivity contribution < 1.29 is 4.74 Å². The summed E-state index contributed by atoms with van der Waals surface area (Å²) in [7, 11) is 0. The third-order valence-electron chi connectivity index (χ3n) is 4.01. The molecule has 0 spiro atoms. The van der Waals surface area contributed by atoms with E-state index in [9.17, 15) is 0 Å². The number of nitrogens with zero attached hydrogens (tertiary/aromatic N) is 3. The first-order chi connectivity index (χ1) is 10.9. The van der Waals surface area contributed by atoms with Gasteiger partial charge in [-0.1, -0.05) is 32.9 Å². The predicted octanol–water partition coefficient (Wildman–Crippen LogP) is 4.12. The number of benzene rings is 1. The van der Waals surface area contributed by atoms with E-state index >= 15 is 0 Å². The first kappa shape index (κ1) is 15.5. The Morgan fingerprint density at radius 1 is 1.17 bits per heavy atom. The van der Waals surface area contributed by atoms with Crippen LogP contribution in [0.5, 0.6) is 5.75 Å². The fraction of sp³-hybridized carbons (Fsp3) is 0.368. The van der Waals surface area contributed by atoms with E-state index < -0.39 is 0 Å². The van der Waals surface area contributed by atoms with Crippen LogP contribution in [0, 0.1) is 6.92 Å². The normalized spacial score (nSPS) is 11.8. The van der Waals surface area contributed by atoms with Crippen molar-refractivity contribution in [1.82, 2.24) is 14.8 Å². The first-order valence-corrected chi connectivity index (χ1v) is 7.95. The molecule has 4 nitrogen and oxygen atoms in total. The van der Waals surface area contributed by atoms with Crippen LogP contribution in [0.15, 0.2) is 42.7 Å². The van der Waals surface area contributed by atoms with Gasteiger partial charge in [0.05, 0.1) is 17.8 Å². The number of aryl methyl sites for hydroxylation is 1. The molecule has 0 radical (unpaired) electrons. The summed E-state index contributed by atoms with van der Waals surface area (Å²) in [5.41, 5.74) is 3.51. The SMILES string of the molecule is Cc1nn(CCOc2cccc(C(C)(C)C)c2)c2ccncc12. The molecule has 2 heterocycles. The lowest BCUT2D eigenvalue weighted by Crippen LogP contribution is -2.12. The standard InChI is InChI=1S/C19H23N3O/c1-14-17-13-20-9-8-18(17)22(21-14)10-11-23-16-7-5-6-15(12-16)19(2,3)4/h5-9,12-13H,10-11H2,1-4H3. The van der Waals surface area contributed by atoms with E-state index in [1.54, 1.807) is 6.20 Å². The Bertz CT molecular complexity index is 815. The minimum Gasteiger partial charge on any atom is -0.492 e. The maximum atomic E-state index is 5.93. The van der Waals surface area contributed by atoms with Crippen LogP contribution < -0.4 is 4.74 Å². The van der Waals surface area contributed by atoms with E-state index in [0.717, 1.165) is 22.3 Å². The van der Waals surface area contributed by atoms with Gasteiger partial charge < -0.3 is 4.74 Å². The minimum absolute atomic E-state index is 0.127. The second-order valence-corrected chi connectivity index (χ2v) is 6.83. The Morgan fingerprint density at radius 2 is 2.00 bits per heavy atom. The van der Waals surface area contributed by atoms with Crippen LogP contribution in [0.25, 0.3) is 10.9 Å². The fourth-order valence-corrected chi connectivity index (χ4v) is 2.65. The Labute approximate surface area is 137 Å². The van der Waals surface area contributed by atoms with Crippen molar-refractivity contribution in [3.05, 3.63) is 54.0 Å². The number of pyridine rings is 1. The summed E-state index contributed by atoms with van der Waals surface area (Å²) < 4.78 is 7.91. The maximum absolute atomic E-state index is 5.93. The highest BCUT2D eigenvalue weighted by Gasteiger charge is 2.14. The molecule has 1 aromatic carbocycles. The number of aromatic nitrogens is 3. The molecule has 120 valence electrons. The maximum Gasteiger partial charge on any atom is 0.119 e. The lowest BCUT2D eigenvalue weighted by atomic mass is 9.87. The Balaban J connectivity index is 1.70. The van der Waals surface area contributed by atoms with Gasteiger partial charge in [0.15, 0.2) is 0 Å². The van der Waals surface area contributed by atoms with Crippen LogP contribution in [-0.4, -0.2) is 21.4 Å². The van der Waals surface area contributed by atoms with Crippen LogP contribution in [0.4, 0.5) is 0 Å². The summed E-state index contributed by atoms with van der Waals surface area (Å²) in [6, 6.07) is 10.3. The van der Waals surface area contributed by atoms with Crippen LogP contribution in [0.3, 0.4) is 0 Å². The zero-order chi connectivity index (χ0) is 16.4. The molecule has 0 aliphatic rings. The molecule has 0 aliphatic carbocycles. The molecule has 0 unspecified atom stereocenters. The van der Waals surface area contributed by atoms with Gasteiger partial charge in [-0.3, -0.25) is 9.67 Å². The molecular weight excluding hydrogens is 286 g/mol. The summed E-state index contributed by atoms with van der Waals surface area (Å²) in [5.74, 6) is 0.910. The van der Waals surface area contributed by atoms with E-state index in [-0.39, 0.29) is 5.41 Å². The molecule has 0 bridgehead atoms. The highest BCUT2D eigenvalue weighted by molar-refractivity contribution is 5.80. The third kappa shape index (κ3) is 3.36. The average Bonchev–Trinajstić information content (AvgIpc) is 2.84. The summed E-state index contributed by atoms with van der Waals surface area (Å²) in [6.07, 6.45) is 3.66. The molecule has 0 amide bonds. The molecule has 3 rings (SSSR count). The second-order valence-electron chi connectivity index (χ2n) is 6.83. The Kier molecular flexibility index (Phi) is 4.07. The molecule has 0 saturated carbocycles. The van der Waals surface area contributed by atoms with E-state index in [1.165, 1.54) is 5.56 Å². The van der Waals surface area contributed by atoms with Crippen molar-refractivity contribution in [3.8, 4) is 5.75 Å². The van der Waals surface area contributed by atoms with Gasteiger partial charge in [0.1, 0.15) is 12.4 Å². The number of fused-ring (bicyclic) bond motifs is 1. The van der Waals surface area contributed by atoms with Crippen molar-refractivity contribution in [2.45, 2.75) is 39.7 Å². The van der Waals surface area contributed by atoms with E-state index in [4.69, 9.17) is 4.74 Å². The van der Waals surface area contributed by atoms with E-state index in [0.29, 0.717) is 13.2 Å². The van der Waals surface area contributed by atoms with Gasteiger partial charge in [0.25, 0.3) is 0 Å². The molecule has 0 saturated heterocycles. The average molecular weight is 309 g/mol. The quantitative estimate of drug-likeness (QED) is 0.728.